The zero-order chi connectivity index (χ0) is 27.8. The lowest BCUT2D eigenvalue weighted by Gasteiger charge is -2.25. The second kappa shape index (κ2) is 12.3. The van der Waals surface area contributed by atoms with Crippen LogP contribution in [0.1, 0.15) is 37.0 Å². The van der Waals surface area contributed by atoms with E-state index in [1.165, 1.54) is 26.0 Å². The number of nitriles is 1. The molecule has 2 aromatic carbocycles. The van der Waals surface area contributed by atoms with E-state index >= 15 is 0 Å². The molecule has 7 nitrogen and oxygen atoms in total. The molecule has 0 atom stereocenters. The first kappa shape index (κ1) is 28.3. The van der Waals surface area contributed by atoms with E-state index in [1.54, 1.807) is 30.5 Å². The van der Waals surface area contributed by atoms with E-state index in [4.69, 9.17) is 10.00 Å². The van der Waals surface area contributed by atoms with Crippen LogP contribution in [0.2, 0.25) is 0 Å². The van der Waals surface area contributed by atoms with Crippen molar-refractivity contribution in [3.05, 3.63) is 83.6 Å². The van der Waals surface area contributed by atoms with E-state index in [9.17, 15) is 23.1 Å². The highest BCUT2D eigenvalue weighted by atomic mass is 19.4. The standard InChI is InChI=1S/C28H28F3N3O4/c1-27(2,26(35)36)37-23-10-5-20(6-11-23)15-17-34(25-14-9-21(18-33-25)4-3-16-32)19-22-7-12-24(13-8-22)38-28(29,30)31/h5-14,18H,3-4,15,17,19H2,1-2H3,(H,35,36). The number of carbonyl (C=O) groups is 1. The summed E-state index contributed by atoms with van der Waals surface area (Å²) in [5, 5.41) is 18.1. The Morgan fingerprint density at radius 2 is 1.50 bits per heavy atom. The van der Waals surface area contributed by atoms with Gasteiger partial charge in [0.2, 0.25) is 0 Å². The first-order valence-corrected chi connectivity index (χ1v) is 11.9. The van der Waals surface area contributed by atoms with Crippen LogP contribution in [-0.4, -0.2) is 34.6 Å². The number of alkyl halides is 3. The Hall–Kier alpha value is -4.26. The molecule has 0 amide bonds. The Morgan fingerprint density at radius 3 is 2.03 bits per heavy atom. The predicted molar refractivity (Wildman–Crippen MR) is 135 cm³/mol. The Morgan fingerprint density at radius 1 is 0.921 bits per heavy atom. The Labute approximate surface area is 219 Å². The van der Waals surface area contributed by atoms with E-state index in [0.717, 1.165) is 16.7 Å². The second-order valence-electron chi connectivity index (χ2n) is 9.11. The largest absolute Gasteiger partial charge is 0.573 e. The van der Waals surface area contributed by atoms with Gasteiger partial charge in [-0.2, -0.15) is 5.26 Å². The number of hydrogen-bond acceptors (Lipinski definition) is 6. The minimum atomic E-state index is -4.76. The first-order valence-electron chi connectivity index (χ1n) is 11.9. The van der Waals surface area contributed by atoms with Crippen LogP contribution in [0, 0.1) is 11.3 Å². The zero-order valence-electron chi connectivity index (χ0n) is 21.0. The number of ether oxygens (including phenoxy) is 2. The lowest BCUT2D eigenvalue weighted by atomic mass is 10.1. The molecule has 0 saturated carbocycles. The number of hydrogen-bond donors (Lipinski definition) is 1. The van der Waals surface area contributed by atoms with Crippen LogP contribution in [-0.2, 0) is 24.2 Å². The molecule has 0 fully saturated rings. The number of rotatable bonds is 12. The third-order valence-electron chi connectivity index (χ3n) is 5.67. The molecule has 0 bridgehead atoms. The van der Waals surface area contributed by atoms with Gasteiger partial charge in [0.1, 0.15) is 17.3 Å². The lowest BCUT2D eigenvalue weighted by molar-refractivity contribution is -0.274. The average Bonchev–Trinajstić information content (AvgIpc) is 2.86. The summed E-state index contributed by atoms with van der Waals surface area (Å²) in [5.41, 5.74) is 1.33. The summed E-state index contributed by atoms with van der Waals surface area (Å²) in [6.07, 6.45) is -1.43. The minimum Gasteiger partial charge on any atom is -0.478 e. The molecule has 0 aliphatic carbocycles. The highest BCUT2D eigenvalue weighted by Crippen LogP contribution is 2.25. The van der Waals surface area contributed by atoms with Crippen molar-refractivity contribution in [2.75, 3.05) is 11.4 Å². The number of benzene rings is 2. The van der Waals surface area contributed by atoms with Crippen molar-refractivity contribution in [2.45, 2.75) is 51.6 Å². The molecular weight excluding hydrogens is 499 g/mol. The zero-order valence-corrected chi connectivity index (χ0v) is 21.0. The molecule has 0 radical (unpaired) electrons. The van der Waals surface area contributed by atoms with Crippen LogP contribution in [0.4, 0.5) is 19.0 Å². The summed E-state index contributed by atoms with van der Waals surface area (Å²) in [7, 11) is 0. The average molecular weight is 528 g/mol. The summed E-state index contributed by atoms with van der Waals surface area (Å²) in [6, 6.07) is 18.7. The number of carboxylic acids is 1. The smallest absolute Gasteiger partial charge is 0.478 e. The molecule has 10 heteroatoms. The van der Waals surface area contributed by atoms with Crippen molar-refractivity contribution in [3.63, 3.8) is 0 Å². The quantitative estimate of drug-likeness (QED) is 0.312. The van der Waals surface area contributed by atoms with Crippen LogP contribution in [0.5, 0.6) is 11.5 Å². The normalized spacial score (nSPS) is 11.5. The summed E-state index contributed by atoms with van der Waals surface area (Å²) < 4.78 is 47.0. The molecular formula is C28H28F3N3O4. The Kier molecular flexibility index (Phi) is 9.18. The van der Waals surface area contributed by atoms with Crippen molar-refractivity contribution < 1.29 is 32.5 Å². The SMILES string of the molecule is CC(C)(Oc1ccc(CCN(Cc2ccc(OC(F)(F)F)cc2)c2ccc(CCC#N)cn2)cc1)C(=O)O. The molecule has 0 saturated heterocycles. The van der Waals surface area contributed by atoms with Gasteiger partial charge in [0.25, 0.3) is 0 Å². The van der Waals surface area contributed by atoms with Gasteiger partial charge in [0.15, 0.2) is 5.60 Å². The van der Waals surface area contributed by atoms with Gasteiger partial charge >= 0.3 is 12.3 Å². The molecule has 1 heterocycles. The summed E-state index contributed by atoms with van der Waals surface area (Å²) in [4.78, 5) is 17.8. The number of aliphatic carboxylic acids is 1. The van der Waals surface area contributed by atoms with Gasteiger partial charge in [-0.05, 0) is 73.7 Å². The van der Waals surface area contributed by atoms with Crippen LogP contribution in [0.3, 0.4) is 0 Å². The number of nitrogens with zero attached hydrogens (tertiary/aromatic N) is 3. The van der Waals surface area contributed by atoms with Crippen molar-refractivity contribution in [2.24, 2.45) is 0 Å². The third-order valence-corrected chi connectivity index (χ3v) is 5.67. The van der Waals surface area contributed by atoms with Crippen LogP contribution < -0.4 is 14.4 Å². The summed E-state index contributed by atoms with van der Waals surface area (Å²) >= 11 is 0. The first-order chi connectivity index (χ1) is 17.9. The van der Waals surface area contributed by atoms with Crippen molar-refractivity contribution >= 4 is 11.8 Å². The van der Waals surface area contributed by atoms with Crippen LogP contribution in [0.15, 0.2) is 66.9 Å². The highest BCUT2D eigenvalue weighted by Gasteiger charge is 2.31. The molecule has 3 rings (SSSR count). The fourth-order valence-electron chi connectivity index (χ4n) is 3.57. The van der Waals surface area contributed by atoms with E-state index in [2.05, 4.69) is 15.8 Å². The molecule has 1 N–H and O–H groups in total. The van der Waals surface area contributed by atoms with Gasteiger partial charge in [0.05, 0.1) is 6.07 Å². The van der Waals surface area contributed by atoms with E-state index in [1.807, 2.05) is 29.2 Å². The summed E-state index contributed by atoms with van der Waals surface area (Å²) in [5.74, 6) is -0.235. The van der Waals surface area contributed by atoms with Gasteiger partial charge in [-0.15, -0.1) is 13.2 Å². The number of halogens is 3. The maximum Gasteiger partial charge on any atom is 0.573 e. The summed E-state index contributed by atoms with van der Waals surface area (Å²) in [6.45, 7) is 3.89. The number of carboxylic acid groups (broad SMARTS) is 1. The molecule has 38 heavy (non-hydrogen) atoms. The minimum absolute atomic E-state index is 0.291. The predicted octanol–water partition coefficient (Wildman–Crippen LogP) is 5.93. The molecule has 0 aliphatic heterocycles. The Balaban J connectivity index is 1.73. The fraction of sp³-hybridized carbons (Fsp3) is 0.321. The highest BCUT2D eigenvalue weighted by molar-refractivity contribution is 5.76. The monoisotopic (exact) mass is 527 g/mol. The molecule has 3 aromatic rings. The van der Waals surface area contributed by atoms with Crippen LogP contribution >= 0.6 is 0 Å². The lowest BCUT2D eigenvalue weighted by Crippen LogP contribution is -2.37. The van der Waals surface area contributed by atoms with Gasteiger partial charge in [-0.25, -0.2) is 9.78 Å². The molecule has 0 aliphatic rings. The van der Waals surface area contributed by atoms with Crippen molar-refractivity contribution in [3.8, 4) is 17.6 Å². The van der Waals surface area contributed by atoms with E-state index < -0.39 is 17.9 Å². The number of anilines is 1. The van der Waals surface area contributed by atoms with E-state index in [-0.39, 0.29) is 5.75 Å². The number of aromatic nitrogens is 1. The maximum absolute atomic E-state index is 12.5. The van der Waals surface area contributed by atoms with Crippen molar-refractivity contribution in [1.82, 2.24) is 4.98 Å². The van der Waals surface area contributed by atoms with Gasteiger partial charge in [0, 0.05) is 25.7 Å². The number of pyridine rings is 1. The Bertz CT molecular complexity index is 1240. The molecule has 0 spiro atoms. The molecule has 1 aromatic heterocycles. The van der Waals surface area contributed by atoms with Gasteiger partial charge in [-0.3, -0.25) is 0 Å². The molecule has 200 valence electrons. The van der Waals surface area contributed by atoms with Crippen LogP contribution in [0.25, 0.3) is 0 Å². The van der Waals surface area contributed by atoms with Gasteiger partial charge < -0.3 is 19.5 Å². The topological polar surface area (TPSA) is 95.7 Å². The second-order valence-corrected chi connectivity index (χ2v) is 9.11. The fourth-order valence-corrected chi connectivity index (χ4v) is 3.57. The number of aryl methyl sites for hydroxylation is 1. The molecule has 0 unspecified atom stereocenters. The van der Waals surface area contributed by atoms with E-state index in [0.29, 0.717) is 43.9 Å². The van der Waals surface area contributed by atoms with Crippen molar-refractivity contribution in [1.29, 1.82) is 5.26 Å². The third kappa shape index (κ3) is 8.69. The maximum atomic E-state index is 12.5. The van der Waals surface area contributed by atoms with Gasteiger partial charge in [-0.1, -0.05) is 30.3 Å².